The van der Waals surface area contributed by atoms with Gasteiger partial charge < -0.3 is 10.2 Å². The number of hydrogen-bond acceptors (Lipinski definition) is 4. The molecule has 2 aromatic carbocycles. The van der Waals surface area contributed by atoms with Gasteiger partial charge in [0.2, 0.25) is 0 Å². The van der Waals surface area contributed by atoms with Crippen LogP contribution in [0.15, 0.2) is 48.7 Å². The van der Waals surface area contributed by atoms with Crippen molar-refractivity contribution in [3.05, 3.63) is 59.8 Å². The molecule has 4 rings (SSSR count). The zero-order chi connectivity index (χ0) is 18.6. The SMILES string of the molecule is CN(C)Cc1ccc(CN2CCCC(Nc3ccc4[nH]ncc4c3)C2)cc1. The Morgan fingerprint density at radius 1 is 1.15 bits per heavy atom. The molecule has 5 heteroatoms. The van der Waals surface area contributed by atoms with Gasteiger partial charge in [-0.2, -0.15) is 5.10 Å². The number of aromatic amines is 1. The summed E-state index contributed by atoms with van der Waals surface area (Å²) in [7, 11) is 4.22. The molecule has 1 fully saturated rings. The lowest BCUT2D eigenvalue weighted by atomic mass is 10.0. The number of likely N-dealkylation sites (tertiary alicyclic amines) is 1. The van der Waals surface area contributed by atoms with Crippen LogP contribution < -0.4 is 5.32 Å². The van der Waals surface area contributed by atoms with Gasteiger partial charge >= 0.3 is 0 Å². The number of anilines is 1. The molecule has 0 radical (unpaired) electrons. The highest BCUT2D eigenvalue weighted by Gasteiger charge is 2.20. The molecule has 1 atom stereocenters. The summed E-state index contributed by atoms with van der Waals surface area (Å²) in [5, 5.41) is 12.0. The lowest BCUT2D eigenvalue weighted by Crippen LogP contribution is -2.41. The number of hydrogen-bond donors (Lipinski definition) is 2. The van der Waals surface area contributed by atoms with Crippen LogP contribution in [0.25, 0.3) is 10.9 Å². The largest absolute Gasteiger partial charge is 0.381 e. The Bertz CT molecular complexity index is 868. The summed E-state index contributed by atoms with van der Waals surface area (Å²) < 4.78 is 0. The molecule has 3 aromatic rings. The molecule has 1 aromatic heterocycles. The van der Waals surface area contributed by atoms with Crippen molar-refractivity contribution in [1.82, 2.24) is 20.0 Å². The van der Waals surface area contributed by atoms with Crippen molar-refractivity contribution in [3.8, 4) is 0 Å². The van der Waals surface area contributed by atoms with E-state index in [0.29, 0.717) is 6.04 Å². The quantitative estimate of drug-likeness (QED) is 0.701. The second-order valence-corrected chi connectivity index (χ2v) is 7.94. The molecule has 1 saturated heterocycles. The average Bonchev–Trinajstić information content (AvgIpc) is 3.11. The molecule has 0 amide bonds. The van der Waals surface area contributed by atoms with E-state index >= 15 is 0 Å². The van der Waals surface area contributed by atoms with E-state index in [9.17, 15) is 0 Å². The van der Waals surface area contributed by atoms with E-state index in [1.807, 2.05) is 6.20 Å². The molecule has 1 aliphatic rings. The number of piperidine rings is 1. The Morgan fingerprint density at radius 3 is 2.78 bits per heavy atom. The predicted molar refractivity (Wildman–Crippen MR) is 112 cm³/mol. The van der Waals surface area contributed by atoms with Crippen molar-refractivity contribution < 1.29 is 0 Å². The maximum absolute atomic E-state index is 4.11. The summed E-state index contributed by atoms with van der Waals surface area (Å²) in [6, 6.07) is 16.0. The van der Waals surface area contributed by atoms with E-state index in [1.54, 1.807) is 0 Å². The first-order chi connectivity index (χ1) is 13.2. The standard InChI is InChI=1S/C22H29N5/c1-26(2)14-17-5-7-18(8-6-17)15-27-11-3-4-21(16-27)24-20-9-10-22-19(12-20)13-23-25-22/h5-10,12-13,21,24H,3-4,11,14-16H2,1-2H3,(H,23,25). The fourth-order valence-corrected chi connectivity index (χ4v) is 3.96. The minimum absolute atomic E-state index is 0.496. The molecular formula is C22H29N5. The molecule has 0 saturated carbocycles. The van der Waals surface area contributed by atoms with Crippen molar-refractivity contribution in [2.75, 3.05) is 32.5 Å². The fraction of sp³-hybridized carbons (Fsp3) is 0.409. The number of nitrogens with one attached hydrogen (secondary N) is 2. The molecule has 0 aliphatic carbocycles. The number of aromatic nitrogens is 2. The van der Waals surface area contributed by atoms with Crippen LogP contribution in [0.2, 0.25) is 0 Å². The molecule has 2 heterocycles. The van der Waals surface area contributed by atoms with Gasteiger partial charge in [0.1, 0.15) is 0 Å². The number of benzene rings is 2. The molecular weight excluding hydrogens is 334 g/mol. The Labute approximate surface area is 161 Å². The number of nitrogens with zero attached hydrogens (tertiary/aromatic N) is 3. The Balaban J connectivity index is 1.34. The van der Waals surface area contributed by atoms with E-state index in [4.69, 9.17) is 0 Å². The maximum atomic E-state index is 4.11. The summed E-state index contributed by atoms with van der Waals surface area (Å²) in [6.07, 6.45) is 4.35. The second-order valence-electron chi connectivity index (χ2n) is 7.94. The van der Waals surface area contributed by atoms with Crippen LogP contribution in [0.4, 0.5) is 5.69 Å². The van der Waals surface area contributed by atoms with E-state index in [2.05, 4.69) is 81.9 Å². The van der Waals surface area contributed by atoms with Gasteiger partial charge in [0.05, 0.1) is 11.7 Å². The Kier molecular flexibility index (Phi) is 5.41. The normalized spacial score (nSPS) is 18.3. The lowest BCUT2D eigenvalue weighted by Gasteiger charge is -2.33. The zero-order valence-electron chi connectivity index (χ0n) is 16.3. The van der Waals surface area contributed by atoms with Gasteiger partial charge in [-0.1, -0.05) is 24.3 Å². The van der Waals surface area contributed by atoms with E-state index < -0.39 is 0 Å². The molecule has 142 valence electrons. The van der Waals surface area contributed by atoms with Crippen molar-refractivity contribution in [2.45, 2.75) is 32.0 Å². The summed E-state index contributed by atoms with van der Waals surface area (Å²) in [6.45, 7) is 4.29. The molecule has 1 unspecified atom stereocenters. The summed E-state index contributed by atoms with van der Waals surface area (Å²) in [5.41, 5.74) is 5.04. The first kappa shape index (κ1) is 18.0. The van der Waals surface area contributed by atoms with Crippen LogP contribution in [0, 0.1) is 0 Å². The average molecular weight is 364 g/mol. The third kappa shape index (κ3) is 4.67. The molecule has 27 heavy (non-hydrogen) atoms. The smallest absolute Gasteiger partial charge is 0.0651 e. The van der Waals surface area contributed by atoms with Gasteiger partial charge in [0.25, 0.3) is 0 Å². The van der Waals surface area contributed by atoms with Crippen molar-refractivity contribution in [3.63, 3.8) is 0 Å². The van der Waals surface area contributed by atoms with Crippen molar-refractivity contribution >= 4 is 16.6 Å². The van der Waals surface area contributed by atoms with Crippen LogP contribution in [-0.2, 0) is 13.1 Å². The van der Waals surface area contributed by atoms with Gasteiger partial charge in [0, 0.05) is 36.7 Å². The Morgan fingerprint density at radius 2 is 1.96 bits per heavy atom. The summed E-state index contributed by atoms with van der Waals surface area (Å²) in [4.78, 5) is 4.77. The van der Waals surface area contributed by atoms with Crippen LogP contribution in [0.1, 0.15) is 24.0 Å². The predicted octanol–water partition coefficient (Wildman–Crippen LogP) is 3.70. The second kappa shape index (κ2) is 8.11. The number of rotatable bonds is 6. The highest BCUT2D eigenvalue weighted by atomic mass is 15.2. The molecule has 0 spiro atoms. The van der Waals surface area contributed by atoms with Crippen molar-refractivity contribution in [1.29, 1.82) is 0 Å². The van der Waals surface area contributed by atoms with E-state index in [0.717, 1.165) is 30.5 Å². The lowest BCUT2D eigenvalue weighted by molar-refractivity contribution is 0.208. The molecule has 2 N–H and O–H groups in total. The van der Waals surface area contributed by atoms with Crippen molar-refractivity contribution in [2.24, 2.45) is 0 Å². The minimum Gasteiger partial charge on any atom is -0.381 e. The summed E-state index contributed by atoms with van der Waals surface area (Å²) >= 11 is 0. The van der Waals surface area contributed by atoms with Crippen LogP contribution in [0.5, 0.6) is 0 Å². The topological polar surface area (TPSA) is 47.2 Å². The maximum Gasteiger partial charge on any atom is 0.0651 e. The van der Waals surface area contributed by atoms with Crippen LogP contribution >= 0.6 is 0 Å². The van der Waals surface area contributed by atoms with Crippen LogP contribution in [-0.4, -0.2) is 53.2 Å². The van der Waals surface area contributed by atoms with E-state index in [1.165, 1.54) is 36.2 Å². The van der Waals surface area contributed by atoms with Gasteiger partial charge in [-0.3, -0.25) is 10.00 Å². The highest BCUT2D eigenvalue weighted by molar-refractivity contribution is 5.81. The number of fused-ring (bicyclic) bond motifs is 1. The minimum atomic E-state index is 0.496. The molecule has 1 aliphatic heterocycles. The highest BCUT2D eigenvalue weighted by Crippen LogP contribution is 2.21. The van der Waals surface area contributed by atoms with Crippen LogP contribution in [0.3, 0.4) is 0 Å². The van der Waals surface area contributed by atoms with Gasteiger partial charge in [-0.05, 0) is 62.8 Å². The van der Waals surface area contributed by atoms with Gasteiger partial charge in [-0.25, -0.2) is 0 Å². The third-order valence-corrected chi connectivity index (χ3v) is 5.24. The molecule has 5 nitrogen and oxygen atoms in total. The first-order valence-corrected chi connectivity index (χ1v) is 9.80. The zero-order valence-corrected chi connectivity index (χ0v) is 16.3. The van der Waals surface area contributed by atoms with Gasteiger partial charge in [-0.15, -0.1) is 0 Å². The summed E-state index contributed by atoms with van der Waals surface area (Å²) in [5.74, 6) is 0. The number of H-pyrrole nitrogens is 1. The fourth-order valence-electron chi connectivity index (χ4n) is 3.96. The first-order valence-electron chi connectivity index (χ1n) is 9.80. The third-order valence-electron chi connectivity index (χ3n) is 5.24. The Hall–Kier alpha value is -2.37. The molecule has 0 bridgehead atoms. The van der Waals surface area contributed by atoms with Gasteiger partial charge in [0.15, 0.2) is 0 Å². The van der Waals surface area contributed by atoms with E-state index in [-0.39, 0.29) is 0 Å². The monoisotopic (exact) mass is 363 g/mol.